The second-order valence-corrected chi connectivity index (χ2v) is 6.14. The summed E-state index contributed by atoms with van der Waals surface area (Å²) in [7, 11) is 0. The fourth-order valence-corrected chi connectivity index (χ4v) is 2.84. The molecule has 2 aromatic rings. The molecule has 0 unspecified atom stereocenters. The van der Waals surface area contributed by atoms with Crippen LogP contribution in [-0.4, -0.2) is 58.7 Å². The van der Waals surface area contributed by atoms with Crippen LogP contribution >= 0.6 is 0 Å². The Kier molecular flexibility index (Phi) is 6.00. The molecule has 134 valence electrons. The van der Waals surface area contributed by atoms with Crippen LogP contribution in [0.2, 0.25) is 0 Å². The van der Waals surface area contributed by atoms with E-state index in [9.17, 15) is 4.79 Å². The Balaban J connectivity index is 1.32. The highest BCUT2D eigenvalue weighted by Crippen LogP contribution is 2.11. The third kappa shape index (κ3) is 5.29. The molecule has 1 aliphatic rings. The quantitative estimate of drug-likeness (QED) is 0.714. The summed E-state index contributed by atoms with van der Waals surface area (Å²) in [5.41, 5.74) is 0. The Morgan fingerprint density at radius 1 is 1.16 bits per heavy atom. The number of hydrogen-bond acceptors (Lipinski definition) is 6. The fraction of sp³-hybridized carbons (Fsp3) is 0.500. The summed E-state index contributed by atoms with van der Waals surface area (Å²) in [4.78, 5) is 16.4. The van der Waals surface area contributed by atoms with Gasteiger partial charge in [-0.05, 0) is 18.6 Å². The molecule has 25 heavy (non-hydrogen) atoms. The zero-order valence-corrected chi connectivity index (χ0v) is 14.6. The Labute approximate surface area is 147 Å². The molecule has 1 aliphatic heterocycles. The second-order valence-electron chi connectivity index (χ2n) is 6.14. The van der Waals surface area contributed by atoms with Gasteiger partial charge in [-0.1, -0.05) is 18.2 Å². The molecule has 0 spiro atoms. The number of carbonyl (C=O) groups is 1. The van der Waals surface area contributed by atoms with E-state index in [0.29, 0.717) is 31.4 Å². The van der Waals surface area contributed by atoms with Crippen LogP contribution in [-0.2, 0) is 11.3 Å². The molecular formula is C18H24N4O3. The monoisotopic (exact) mass is 344 g/mol. The summed E-state index contributed by atoms with van der Waals surface area (Å²) in [6, 6.07) is 9.68. The van der Waals surface area contributed by atoms with Crippen molar-refractivity contribution in [2.24, 2.45) is 0 Å². The van der Waals surface area contributed by atoms with E-state index in [1.807, 2.05) is 35.2 Å². The van der Waals surface area contributed by atoms with Crippen LogP contribution in [0.5, 0.6) is 5.75 Å². The van der Waals surface area contributed by atoms with Crippen molar-refractivity contribution in [2.75, 3.05) is 32.8 Å². The predicted molar refractivity (Wildman–Crippen MR) is 92.1 cm³/mol. The molecule has 1 aromatic carbocycles. The van der Waals surface area contributed by atoms with Gasteiger partial charge in [0.25, 0.3) is 0 Å². The molecule has 0 aliphatic carbocycles. The van der Waals surface area contributed by atoms with Gasteiger partial charge in [0, 0.05) is 39.5 Å². The first-order chi connectivity index (χ1) is 12.2. The van der Waals surface area contributed by atoms with Crippen molar-refractivity contribution < 1.29 is 13.9 Å². The van der Waals surface area contributed by atoms with E-state index < -0.39 is 0 Å². The van der Waals surface area contributed by atoms with E-state index in [2.05, 4.69) is 15.1 Å². The van der Waals surface area contributed by atoms with E-state index in [-0.39, 0.29) is 5.91 Å². The van der Waals surface area contributed by atoms with Crippen molar-refractivity contribution >= 4 is 5.91 Å². The first-order valence-electron chi connectivity index (χ1n) is 8.67. The van der Waals surface area contributed by atoms with Crippen LogP contribution in [0, 0.1) is 6.92 Å². The number of para-hydroxylation sites is 1. The molecule has 0 atom stereocenters. The fourth-order valence-electron chi connectivity index (χ4n) is 2.84. The molecule has 0 saturated carbocycles. The SMILES string of the molecule is Cc1nnc(CN2CCN(C(=O)CCCOc3ccccc3)CC2)o1. The number of nitrogens with zero attached hydrogens (tertiary/aromatic N) is 4. The van der Waals surface area contributed by atoms with Gasteiger partial charge in [-0.15, -0.1) is 10.2 Å². The lowest BCUT2D eigenvalue weighted by Gasteiger charge is -2.34. The van der Waals surface area contributed by atoms with E-state index in [1.165, 1.54) is 0 Å². The maximum Gasteiger partial charge on any atom is 0.230 e. The van der Waals surface area contributed by atoms with Crippen molar-refractivity contribution in [1.82, 2.24) is 20.0 Å². The lowest BCUT2D eigenvalue weighted by molar-refractivity contribution is -0.133. The number of rotatable bonds is 7. The highest BCUT2D eigenvalue weighted by atomic mass is 16.5. The van der Waals surface area contributed by atoms with E-state index >= 15 is 0 Å². The molecule has 1 amide bonds. The number of aryl methyl sites for hydroxylation is 1. The third-order valence-corrected chi connectivity index (χ3v) is 4.20. The summed E-state index contributed by atoms with van der Waals surface area (Å²) >= 11 is 0. The van der Waals surface area contributed by atoms with Gasteiger partial charge in [0.15, 0.2) is 0 Å². The Morgan fingerprint density at radius 2 is 1.92 bits per heavy atom. The first kappa shape index (κ1) is 17.4. The van der Waals surface area contributed by atoms with Gasteiger partial charge in [-0.3, -0.25) is 9.69 Å². The average molecular weight is 344 g/mol. The van der Waals surface area contributed by atoms with Crippen molar-refractivity contribution in [3.63, 3.8) is 0 Å². The van der Waals surface area contributed by atoms with Gasteiger partial charge in [0.1, 0.15) is 5.75 Å². The summed E-state index contributed by atoms with van der Waals surface area (Å²) in [5, 5.41) is 7.86. The number of benzene rings is 1. The minimum Gasteiger partial charge on any atom is -0.494 e. The number of piperazine rings is 1. The van der Waals surface area contributed by atoms with Gasteiger partial charge in [-0.2, -0.15) is 0 Å². The van der Waals surface area contributed by atoms with E-state index in [4.69, 9.17) is 9.15 Å². The Morgan fingerprint density at radius 3 is 2.60 bits per heavy atom. The van der Waals surface area contributed by atoms with Crippen LogP contribution in [0.25, 0.3) is 0 Å². The lowest BCUT2D eigenvalue weighted by atomic mass is 10.2. The minimum atomic E-state index is 0.199. The number of aromatic nitrogens is 2. The molecule has 7 nitrogen and oxygen atoms in total. The van der Waals surface area contributed by atoms with Crippen LogP contribution in [0.1, 0.15) is 24.6 Å². The smallest absolute Gasteiger partial charge is 0.230 e. The number of ether oxygens (including phenoxy) is 1. The zero-order valence-electron chi connectivity index (χ0n) is 14.6. The average Bonchev–Trinajstić information content (AvgIpc) is 3.05. The molecular weight excluding hydrogens is 320 g/mol. The topological polar surface area (TPSA) is 71.7 Å². The Hall–Kier alpha value is -2.41. The molecule has 7 heteroatoms. The normalized spacial score (nSPS) is 15.3. The van der Waals surface area contributed by atoms with Crippen molar-refractivity contribution in [1.29, 1.82) is 0 Å². The molecule has 1 aromatic heterocycles. The van der Waals surface area contributed by atoms with Crippen molar-refractivity contribution in [3.8, 4) is 5.75 Å². The van der Waals surface area contributed by atoms with Crippen LogP contribution in [0.4, 0.5) is 0 Å². The van der Waals surface area contributed by atoms with Crippen LogP contribution in [0.3, 0.4) is 0 Å². The largest absolute Gasteiger partial charge is 0.494 e. The predicted octanol–water partition coefficient (Wildman–Crippen LogP) is 1.88. The van der Waals surface area contributed by atoms with Crippen LogP contribution < -0.4 is 4.74 Å². The lowest BCUT2D eigenvalue weighted by Crippen LogP contribution is -2.48. The number of amides is 1. The summed E-state index contributed by atoms with van der Waals surface area (Å²) in [5.74, 6) is 2.27. The molecule has 0 bridgehead atoms. The van der Waals surface area contributed by atoms with Crippen LogP contribution in [0.15, 0.2) is 34.7 Å². The summed E-state index contributed by atoms with van der Waals surface area (Å²) < 4.78 is 11.0. The highest BCUT2D eigenvalue weighted by Gasteiger charge is 2.21. The van der Waals surface area contributed by atoms with Gasteiger partial charge < -0.3 is 14.1 Å². The molecule has 1 saturated heterocycles. The van der Waals surface area contributed by atoms with Gasteiger partial charge in [-0.25, -0.2) is 0 Å². The summed E-state index contributed by atoms with van der Waals surface area (Å²) in [6.07, 6.45) is 1.25. The van der Waals surface area contributed by atoms with Gasteiger partial charge >= 0.3 is 0 Å². The molecule has 0 radical (unpaired) electrons. The zero-order chi connectivity index (χ0) is 17.5. The number of hydrogen-bond donors (Lipinski definition) is 0. The second kappa shape index (κ2) is 8.62. The first-order valence-corrected chi connectivity index (χ1v) is 8.67. The standard InChI is InChI=1S/C18H24N4O3/c1-15-19-20-17(25-15)14-21-9-11-22(12-10-21)18(23)8-5-13-24-16-6-3-2-4-7-16/h2-4,6-7H,5,8-14H2,1H3. The van der Waals surface area contributed by atoms with E-state index in [1.54, 1.807) is 6.92 Å². The third-order valence-electron chi connectivity index (χ3n) is 4.20. The minimum absolute atomic E-state index is 0.199. The van der Waals surface area contributed by atoms with Gasteiger partial charge in [0.2, 0.25) is 17.7 Å². The molecule has 3 rings (SSSR count). The maximum absolute atomic E-state index is 12.3. The maximum atomic E-state index is 12.3. The van der Waals surface area contributed by atoms with E-state index in [0.717, 1.165) is 38.3 Å². The summed E-state index contributed by atoms with van der Waals surface area (Å²) in [6.45, 7) is 6.13. The highest BCUT2D eigenvalue weighted by molar-refractivity contribution is 5.76. The Bertz CT molecular complexity index is 666. The molecule has 0 N–H and O–H groups in total. The molecule has 1 fully saturated rings. The van der Waals surface area contributed by atoms with Crippen molar-refractivity contribution in [2.45, 2.75) is 26.3 Å². The van der Waals surface area contributed by atoms with Crippen molar-refractivity contribution in [3.05, 3.63) is 42.1 Å². The number of carbonyl (C=O) groups excluding carboxylic acids is 1. The van der Waals surface area contributed by atoms with Gasteiger partial charge in [0.05, 0.1) is 13.2 Å². The molecule has 2 heterocycles.